The van der Waals surface area contributed by atoms with Crippen molar-refractivity contribution in [3.05, 3.63) is 66.5 Å². The second kappa shape index (κ2) is 9.36. The van der Waals surface area contributed by atoms with E-state index in [4.69, 9.17) is 20.2 Å². The number of fused-ring (bicyclic) bond motifs is 1. The Bertz CT molecular complexity index is 1290. The lowest BCUT2D eigenvalue weighted by Crippen LogP contribution is -2.34. The van der Waals surface area contributed by atoms with E-state index in [2.05, 4.69) is 15.0 Å². The van der Waals surface area contributed by atoms with E-state index in [0.29, 0.717) is 40.7 Å². The molecule has 0 saturated carbocycles. The first kappa shape index (κ1) is 22.2. The molecule has 2 aromatic carbocycles. The smallest absolute Gasteiger partial charge is 0.153 e. The van der Waals surface area contributed by atoms with Crippen molar-refractivity contribution < 1.29 is 13.9 Å². The predicted octanol–water partition coefficient (Wildman–Crippen LogP) is 4.13. The van der Waals surface area contributed by atoms with Crippen LogP contribution in [0, 0.1) is 5.82 Å². The molecule has 34 heavy (non-hydrogen) atoms. The quantitative estimate of drug-likeness (QED) is 0.461. The summed E-state index contributed by atoms with van der Waals surface area (Å²) < 4.78 is 28.8. The first-order chi connectivity index (χ1) is 16.5. The number of rotatable bonds is 6. The van der Waals surface area contributed by atoms with Crippen LogP contribution in [0.5, 0.6) is 11.5 Å². The van der Waals surface area contributed by atoms with Gasteiger partial charge in [0.15, 0.2) is 5.82 Å². The van der Waals surface area contributed by atoms with Crippen LogP contribution in [0.4, 0.5) is 10.2 Å². The number of nitrogens with two attached hydrogens (primary N) is 1. The third-order valence-corrected chi connectivity index (χ3v) is 5.96. The number of likely N-dealkylation sites (N-methyl/N-ethyl adjacent to an activating group) is 1. The molecule has 176 valence electrons. The minimum absolute atomic E-state index is 0.0257. The number of anilines is 1. The monoisotopic (exact) mass is 462 g/mol. The second-order valence-electron chi connectivity index (χ2n) is 8.77. The minimum atomic E-state index is -0.464. The summed E-state index contributed by atoms with van der Waals surface area (Å²) in [5.41, 5.74) is 7.41. The van der Waals surface area contributed by atoms with E-state index in [-0.39, 0.29) is 17.8 Å². The SMILES string of the molecule is CN(C)C[C@H]1CC[C@@H](c2nc(-c3ccc(Oc4ccccc4)cc3F)c3c(N)ncnn23)CO1. The topological polar surface area (TPSA) is 90.8 Å². The first-order valence-corrected chi connectivity index (χ1v) is 11.3. The average molecular weight is 463 g/mol. The molecule has 1 aliphatic rings. The molecule has 3 heterocycles. The Balaban J connectivity index is 1.47. The summed E-state index contributed by atoms with van der Waals surface area (Å²) in [5.74, 6) is 1.54. The van der Waals surface area contributed by atoms with Gasteiger partial charge < -0.3 is 20.1 Å². The molecular formula is C25H27FN6O2. The van der Waals surface area contributed by atoms with Crippen LogP contribution >= 0.6 is 0 Å². The van der Waals surface area contributed by atoms with Crippen LogP contribution in [0.15, 0.2) is 54.9 Å². The van der Waals surface area contributed by atoms with E-state index in [1.807, 2.05) is 44.4 Å². The lowest BCUT2D eigenvalue weighted by molar-refractivity contribution is -0.0106. The Labute approximate surface area is 197 Å². The highest BCUT2D eigenvalue weighted by Gasteiger charge is 2.29. The zero-order valence-electron chi connectivity index (χ0n) is 19.2. The average Bonchev–Trinajstić information content (AvgIpc) is 3.21. The van der Waals surface area contributed by atoms with Crippen LogP contribution in [-0.4, -0.2) is 57.8 Å². The van der Waals surface area contributed by atoms with Gasteiger partial charge in [-0.2, -0.15) is 5.10 Å². The Kier molecular flexibility index (Phi) is 6.12. The number of nitrogen functional groups attached to an aromatic ring is 1. The number of halogens is 1. The number of benzene rings is 2. The molecule has 2 N–H and O–H groups in total. The van der Waals surface area contributed by atoms with E-state index in [9.17, 15) is 0 Å². The minimum Gasteiger partial charge on any atom is -0.457 e. The summed E-state index contributed by atoms with van der Waals surface area (Å²) in [6, 6.07) is 14.0. The van der Waals surface area contributed by atoms with Gasteiger partial charge in [-0.05, 0) is 51.2 Å². The summed E-state index contributed by atoms with van der Waals surface area (Å²) >= 11 is 0. The molecule has 8 nitrogen and oxygen atoms in total. The fraction of sp³-hybridized carbons (Fsp3) is 0.320. The lowest BCUT2D eigenvalue weighted by Gasteiger charge is -2.29. The van der Waals surface area contributed by atoms with E-state index in [0.717, 1.165) is 19.4 Å². The predicted molar refractivity (Wildman–Crippen MR) is 127 cm³/mol. The molecule has 9 heteroatoms. The van der Waals surface area contributed by atoms with Gasteiger partial charge in [-0.1, -0.05) is 18.2 Å². The molecule has 2 atom stereocenters. The van der Waals surface area contributed by atoms with Crippen LogP contribution < -0.4 is 10.5 Å². The van der Waals surface area contributed by atoms with Crippen molar-refractivity contribution in [1.82, 2.24) is 24.5 Å². The Hall–Kier alpha value is -3.56. The van der Waals surface area contributed by atoms with Crippen LogP contribution in [0.2, 0.25) is 0 Å². The Morgan fingerprint density at radius 1 is 1.15 bits per heavy atom. The number of hydrogen-bond donors (Lipinski definition) is 1. The fourth-order valence-electron chi connectivity index (χ4n) is 4.37. The van der Waals surface area contributed by atoms with Gasteiger partial charge in [0.1, 0.15) is 40.7 Å². The van der Waals surface area contributed by atoms with Gasteiger partial charge in [0.05, 0.1) is 12.7 Å². The maximum Gasteiger partial charge on any atom is 0.153 e. The summed E-state index contributed by atoms with van der Waals surface area (Å²) in [6.07, 6.45) is 3.38. The largest absolute Gasteiger partial charge is 0.457 e. The molecule has 5 rings (SSSR count). The van der Waals surface area contributed by atoms with Gasteiger partial charge in [-0.25, -0.2) is 18.9 Å². The Morgan fingerprint density at radius 3 is 2.68 bits per heavy atom. The van der Waals surface area contributed by atoms with E-state index in [1.165, 1.54) is 12.4 Å². The number of ether oxygens (including phenoxy) is 2. The number of aromatic nitrogens is 4. The first-order valence-electron chi connectivity index (χ1n) is 11.3. The van der Waals surface area contributed by atoms with Crippen LogP contribution in [-0.2, 0) is 4.74 Å². The molecule has 4 aromatic rings. The van der Waals surface area contributed by atoms with Crippen molar-refractivity contribution in [3.63, 3.8) is 0 Å². The molecule has 0 bridgehead atoms. The maximum absolute atomic E-state index is 15.3. The van der Waals surface area contributed by atoms with Crippen molar-refractivity contribution in [2.45, 2.75) is 24.9 Å². The van der Waals surface area contributed by atoms with Crippen LogP contribution in [0.3, 0.4) is 0 Å². The normalized spacial score (nSPS) is 18.5. The Morgan fingerprint density at radius 2 is 1.97 bits per heavy atom. The molecule has 0 spiro atoms. The van der Waals surface area contributed by atoms with Gasteiger partial charge in [-0.3, -0.25) is 0 Å². The molecule has 1 aliphatic heterocycles. The zero-order valence-corrected chi connectivity index (χ0v) is 19.2. The second-order valence-corrected chi connectivity index (χ2v) is 8.77. The van der Waals surface area contributed by atoms with Gasteiger partial charge in [-0.15, -0.1) is 0 Å². The van der Waals surface area contributed by atoms with Gasteiger partial charge in [0, 0.05) is 24.1 Å². The molecular weight excluding hydrogens is 435 g/mol. The summed E-state index contributed by atoms with van der Waals surface area (Å²) in [4.78, 5) is 11.1. The standard InChI is InChI=1S/C25H27FN6O2/c1-31(2)13-19-9-8-16(14-33-19)25-30-22(23-24(27)28-15-29-32(23)25)20-11-10-18(12-21(20)26)34-17-6-4-3-5-7-17/h3-7,10-12,15-16,19H,8-9,13-14H2,1-2H3,(H2,27,28,29)/t16-,19-/m1/s1. The highest BCUT2D eigenvalue weighted by molar-refractivity contribution is 5.85. The van der Waals surface area contributed by atoms with Crippen molar-refractivity contribution in [2.24, 2.45) is 0 Å². The molecule has 1 saturated heterocycles. The fourth-order valence-corrected chi connectivity index (χ4v) is 4.37. The number of nitrogens with zero attached hydrogens (tertiary/aromatic N) is 5. The van der Waals surface area contributed by atoms with E-state index < -0.39 is 5.82 Å². The van der Waals surface area contributed by atoms with Gasteiger partial charge in [0.2, 0.25) is 0 Å². The van der Waals surface area contributed by atoms with Crippen LogP contribution in [0.1, 0.15) is 24.6 Å². The molecule has 2 aromatic heterocycles. The number of hydrogen-bond acceptors (Lipinski definition) is 7. The summed E-state index contributed by atoms with van der Waals surface area (Å²) in [5, 5.41) is 4.39. The molecule has 0 radical (unpaired) electrons. The van der Waals surface area contributed by atoms with E-state index >= 15 is 4.39 Å². The van der Waals surface area contributed by atoms with Crippen LogP contribution in [0.25, 0.3) is 16.8 Å². The summed E-state index contributed by atoms with van der Waals surface area (Å²) in [6.45, 7) is 1.39. The molecule has 0 aliphatic carbocycles. The van der Waals surface area contributed by atoms with Crippen molar-refractivity contribution in [2.75, 3.05) is 33.0 Å². The third-order valence-electron chi connectivity index (χ3n) is 5.96. The molecule has 1 fully saturated rings. The molecule has 0 amide bonds. The molecule has 0 unspecified atom stereocenters. The van der Waals surface area contributed by atoms with Crippen molar-refractivity contribution >= 4 is 11.3 Å². The maximum atomic E-state index is 15.3. The van der Waals surface area contributed by atoms with Gasteiger partial charge >= 0.3 is 0 Å². The summed E-state index contributed by atoms with van der Waals surface area (Å²) in [7, 11) is 4.07. The highest BCUT2D eigenvalue weighted by atomic mass is 19.1. The zero-order chi connectivity index (χ0) is 23.7. The van der Waals surface area contributed by atoms with E-state index in [1.54, 1.807) is 16.6 Å². The van der Waals surface area contributed by atoms with Crippen molar-refractivity contribution in [3.8, 4) is 22.8 Å². The number of imidazole rings is 1. The highest BCUT2D eigenvalue weighted by Crippen LogP contribution is 2.36. The number of para-hydroxylation sites is 1. The lowest BCUT2D eigenvalue weighted by atomic mass is 9.97. The van der Waals surface area contributed by atoms with Crippen molar-refractivity contribution in [1.29, 1.82) is 0 Å². The van der Waals surface area contributed by atoms with Gasteiger partial charge in [0.25, 0.3) is 0 Å². The third kappa shape index (κ3) is 4.44.